The molecule has 0 unspecified atom stereocenters. The fourth-order valence-corrected chi connectivity index (χ4v) is 4.81. The summed E-state index contributed by atoms with van der Waals surface area (Å²) in [5.74, 6) is -0.336. The van der Waals surface area contributed by atoms with Gasteiger partial charge in [-0.25, -0.2) is 8.42 Å². The molecule has 3 aromatic rings. The lowest BCUT2D eigenvalue weighted by molar-refractivity contribution is 0.0950. The quantitative estimate of drug-likeness (QED) is 0.548. The Morgan fingerprint density at radius 2 is 1.65 bits per heavy atom. The van der Waals surface area contributed by atoms with Gasteiger partial charge in [-0.1, -0.05) is 48.5 Å². The van der Waals surface area contributed by atoms with E-state index >= 15 is 0 Å². The van der Waals surface area contributed by atoms with Gasteiger partial charge in [0.2, 0.25) is 0 Å². The molecule has 1 amide bonds. The summed E-state index contributed by atoms with van der Waals surface area (Å²) in [5.41, 5.74) is 2.82. The lowest BCUT2D eigenvalue weighted by Crippen LogP contribution is -2.31. The molecule has 162 valence electrons. The molecule has 0 bridgehead atoms. The van der Waals surface area contributed by atoms with Crippen molar-refractivity contribution in [2.24, 2.45) is 0 Å². The van der Waals surface area contributed by atoms with Crippen LogP contribution in [-0.4, -0.2) is 28.0 Å². The number of nitrogens with one attached hydrogen (secondary N) is 1. The van der Waals surface area contributed by atoms with Crippen LogP contribution >= 0.6 is 0 Å². The molecule has 7 heteroatoms. The van der Waals surface area contributed by atoms with Crippen LogP contribution in [0.4, 0.5) is 5.69 Å². The second-order valence-corrected chi connectivity index (χ2v) is 8.83. The Bertz CT molecular complexity index is 1130. The van der Waals surface area contributed by atoms with Crippen molar-refractivity contribution < 1.29 is 17.9 Å². The van der Waals surface area contributed by atoms with Crippen LogP contribution in [0.5, 0.6) is 0 Å². The highest BCUT2D eigenvalue weighted by Crippen LogP contribution is 2.23. The third-order valence-electron chi connectivity index (χ3n) is 4.77. The van der Waals surface area contributed by atoms with Crippen LogP contribution in [0.25, 0.3) is 0 Å². The van der Waals surface area contributed by atoms with E-state index in [1.165, 1.54) is 16.4 Å². The number of sulfonamides is 1. The van der Waals surface area contributed by atoms with Gasteiger partial charge in [0.05, 0.1) is 17.2 Å². The normalized spacial score (nSPS) is 11.2. The minimum Gasteiger partial charge on any atom is -0.380 e. The largest absolute Gasteiger partial charge is 0.380 e. The van der Waals surface area contributed by atoms with Crippen molar-refractivity contribution in [1.82, 2.24) is 5.32 Å². The van der Waals surface area contributed by atoms with E-state index in [1.807, 2.05) is 30.3 Å². The molecule has 0 radical (unpaired) electrons. The summed E-state index contributed by atoms with van der Waals surface area (Å²) in [6.07, 6.45) is 0. The number of rotatable bonds is 9. The number of ether oxygens (including phenoxy) is 1. The Morgan fingerprint density at radius 3 is 2.35 bits per heavy atom. The average molecular weight is 439 g/mol. The van der Waals surface area contributed by atoms with Gasteiger partial charge >= 0.3 is 0 Å². The Hall–Kier alpha value is -3.16. The molecule has 0 heterocycles. The molecule has 0 saturated carbocycles. The molecule has 0 fully saturated rings. The molecule has 0 aliphatic rings. The van der Waals surface area contributed by atoms with E-state index in [-0.39, 0.29) is 17.3 Å². The third-order valence-corrected chi connectivity index (χ3v) is 6.67. The van der Waals surface area contributed by atoms with Gasteiger partial charge in [0, 0.05) is 25.8 Å². The van der Waals surface area contributed by atoms with Crippen molar-refractivity contribution in [2.75, 3.05) is 18.0 Å². The van der Waals surface area contributed by atoms with Crippen LogP contribution in [0.1, 0.15) is 28.4 Å². The lowest BCUT2D eigenvalue weighted by Gasteiger charge is -2.23. The summed E-state index contributed by atoms with van der Waals surface area (Å²) in [7, 11) is -2.17. The Labute approximate surface area is 183 Å². The first-order valence-electron chi connectivity index (χ1n) is 9.98. The topological polar surface area (TPSA) is 75.7 Å². The van der Waals surface area contributed by atoms with Crippen LogP contribution in [-0.2, 0) is 27.9 Å². The van der Waals surface area contributed by atoms with Crippen molar-refractivity contribution in [2.45, 2.75) is 25.0 Å². The Kier molecular flexibility index (Phi) is 7.44. The fraction of sp³-hybridized carbons (Fsp3) is 0.208. The molecule has 0 aliphatic carbocycles. The highest BCUT2D eigenvalue weighted by Gasteiger charge is 2.24. The molecule has 0 saturated heterocycles. The summed E-state index contributed by atoms with van der Waals surface area (Å²) < 4.78 is 32.9. The third kappa shape index (κ3) is 5.51. The van der Waals surface area contributed by atoms with Crippen molar-refractivity contribution in [3.05, 3.63) is 95.6 Å². The number of anilines is 1. The summed E-state index contributed by atoms with van der Waals surface area (Å²) >= 11 is 0. The lowest BCUT2D eigenvalue weighted by atomic mass is 10.1. The maximum Gasteiger partial charge on any atom is 0.264 e. The fourth-order valence-electron chi connectivity index (χ4n) is 3.29. The highest BCUT2D eigenvalue weighted by atomic mass is 32.2. The van der Waals surface area contributed by atoms with E-state index < -0.39 is 10.0 Å². The molecule has 1 N–H and O–H groups in total. The van der Waals surface area contributed by atoms with E-state index in [0.29, 0.717) is 24.4 Å². The first kappa shape index (κ1) is 22.5. The van der Waals surface area contributed by atoms with Crippen LogP contribution in [0.2, 0.25) is 0 Å². The number of carbonyl (C=O) groups is 1. The zero-order valence-corrected chi connectivity index (χ0v) is 18.4. The van der Waals surface area contributed by atoms with Crippen LogP contribution in [0.15, 0.2) is 83.8 Å². The predicted molar refractivity (Wildman–Crippen MR) is 121 cm³/mol. The van der Waals surface area contributed by atoms with E-state index in [1.54, 1.807) is 50.4 Å². The molecule has 6 nitrogen and oxygen atoms in total. The number of methoxy groups -OCH3 is 1. The van der Waals surface area contributed by atoms with Gasteiger partial charge in [-0.15, -0.1) is 0 Å². The number of hydrogen-bond acceptors (Lipinski definition) is 4. The Morgan fingerprint density at radius 1 is 0.935 bits per heavy atom. The summed E-state index contributed by atoms with van der Waals surface area (Å²) in [5, 5.41) is 2.85. The van der Waals surface area contributed by atoms with Gasteiger partial charge in [0.1, 0.15) is 0 Å². The van der Waals surface area contributed by atoms with Crippen molar-refractivity contribution >= 4 is 21.6 Å². The summed E-state index contributed by atoms with van der Waals surface area (Å²) in [6, 6.07) is 22.8. The number of amides is 1. The number of nitrogens with zero attached hydrogens (tertiary/aromatic N) is 1. The second kappa shape index (κ2) is 10.2. The van der Waals surface area contributed by atoms with Crippen molar-refractivity contribution in [3.63, 3.8) is 0 Å². The maximum atomic E-state index is 13.2. The zero-order chi connectivity index (χ0) is 22.3. The number of para-hydroxylation sites is 1. The van der Waals surface area contributed by atoms with E-state index in [2.05, 4.69) is 5.32 Å². The van der Waals surface area contributed by atoms with Crippen LogP contribution < -0.4 is 9.62 Å². The minimum absolute atomic E-state index is 0.0768. The second-order valence-electron chi connectivity index (χ2n) is 6.97. The molecule has 3 aromatic carbocycles. The SMILES string of the molecule is CCN(c1ccccc1)S(=O)(=O)c1cccc(C(=O)NCc2cccc(COC)c2)c1. The molecular formula is C24H26N2O4S. The summed E-state index contributed by atoms with van der Waals surface area (Å²) in [4.78, 5) is 12.7. The van der Waals surface area contributed by atoms with Crippen LogP contribution in [0.3, 0.4) is 0 Å². The molecule has 0 aliphatic heterocycles. The molecule has 31 heavy (non-hydrogen) atoms. The monoisotopic (exact) mass is 438 g/mol. The van der Waals surface area contributed by atoms with Gasteiger partial charge in [-0.3, -0.25) is 9.10 Å². The van der Waals surface area contributed by atoms with Crippen LogP contribution in [0, 0.1) is 0 Å². The minimum atomic E-state index is -3.80. The molecule has 0 spiro atoms. The smallest absolute Gasteiger partial charge is 0.264 e. The van der Waals surface area contributed by atoms with E-state index in [4.69, 9.17) is 4.74 Å². The maximum absolute atomic E-state index is 13.2. The molecule has 0 aromatic heterocycles. The van der Waals surface area contributed by atoms with E-state index in [9.17, 15) is 13.2 Å². The van der Waals surface area contributed by atoms with Gasteiger partial charge < -0.3 is 10.1 Å². The van der Waals surface area contributed by atoms with Crippen molar-refractivity contribution in [3.8, 4) is 0 Å². The average Bonchev–Trinajstić information content (AvgIpc) is 2.79. The number of benzene rings is 3. The Balaban J connectivity index is 1.77. The van der Waals surface area contributed by atoms with Gasteiger partial charge in [-0.05, 0) is 48.4 Å². The zero-order valence-electron chi connectivity index (χ0n) is 17.6. The molecule has 0 atom stereocenters. The van der Waals surface area contributed by atoms with Gasteiger partial charge in [0.25, 0.3) is 15.9 Å². The molecular weight excluding hydrogens is 412 g/mol. The first-order valence-corrected chi connectivity index (χ1v) is 11.4. The van der Waals surface area contributed by atoms with Crippen molar-refractivity contribution in [1.29, 1.82) is 0 Å². The van der Waals surface area contributed by atoms with E-state index in [0.717, 1.165) is 11.1 Å². The van der Waals surface area contributed by atoms with Gasteiger partial charge in [-0.2, -0.15) is 0 Å². The summed E-state index contributed by atoms with van der Waals surface area (Å²) in [6.45, 7) is 2.88. The number of carbonyl (C=O) groups excluding carboxylic acids is 1. The first-order chi connectivity index (χ1) is 15.0. The highest BCUT2D eigenvalue weighted by molar-refractivity contribution is 7.92. The number of hydrogen-bond donors (Lipinski definition) is 1. The standard InChI is InChI=1S/C24H26N2O4S/c1-3-26(22-12-5-4-6-13-22)31(28,29)23-14-8-11-21(16-23)24(27)25-17-19-9-7-10-20(15-19)18-30-2/h4-16H,3,17-18H2,1-2H3,(H,25,27). The predicted octanol–water partition coefficient (Wildman–Crippen LogP) is 3.98. The molecule has 3 rings (SSSR count). The van der Waals surface area contributed by atoms with Gasteiger partial charge in [0.15, 0.2) is 0 Å².